The van der Waals surface area contributed by atoms with Gasteiger partial charge in [-0.3, -0.25) is 28.9 Å². The van der Waals surface area contributed by atoms with Crippen LogP contribution in [0, 0.1) is 0 Å². The number of urea groups is 1. The Morgan fingerprint density at radius 1 is 1.11 bits per heavy atom. The number of rotatable bonds is 6. The molecule has 3 saturated heterocycles. The van der Waals surface area contributed by atoms with Gasteiger partial charge in [-0.25, -0.2) is 4.79 Å². The zero-order valence-electron chi connectivity index (χ0n) is 20.1. The predicted octanol–water partition coefficient (Wildman–Crippen LogP) is -0.840. The van der Waals surface area contributed by atoms with Crippen molar-refractivity contribution in [2.45, 2.75) is 49.0 Å². The fraction of sp³-hybridized carbons (Fsp3) is 0.478. The first-order valence-corrected chi connectivity index (χ1v) is 12.4. The number of nitrogens with zero attached hydrogens (tertiary/aromatic N) is 3. The molecule has 4 rings (SSSR count). The van der Waals surface area contributed by atoms with Gasteiger partial charge in [0.05, 0.1) is 0 Å². The van der Waals surface area contributed by atoms with Gasteiger partial charge in [0, 0.05) is 24.4 Å². The second-order valence-electron chi connectivity index (χ2n) is 9.28. The summed E-state index contributed by atoms with van der Waals surface area (Å²) in [6.07, 6.45) is 0. The Morgan fingerprint density at radius 3 is 2.39 bits per heavy atom. The van der Waals surface area contributed by atoms with Crippen LogP contribution in [0.4, 0.5) is 4.79 Å². The summed E-state index contributed by atoms with van der Waals surface area (Å²) in [5, 5.41) is 4.73. The highest BCUT2D eigenvalue weighted by Gasteiger charge is 2.63. The van der Waals surface area contributed by atoms with Crippen molar-refractivity contribution >= 4 is 47.3 Å². The Bertz CT molecular complexity index is 1130. The average molecular weight is 517 g/mol. The zero-order chi connectivity index (χ0) is 26.4. The normalized spacial score (nSPS) is 25.7. The van der Waals surface area contributed by atoms with E-state index in [1.807, 2.05) is 0 Å². The second-order valence-corrected chi connectivity index (χ2v) is 11.1. The second kappa shape index (κ2) is 9.45. The van der Waals surface area contributed by atoms with Crippen LogP contribution in [0.1, 0.15) is 32.4 Å². The number of imide groups is 1. The number of hydrogen-bond acceptors (Lipinski definition) is 7. The molecule has 12 nitrogen and oxygen atoms in total. The lowest BCUT2D eigenvalue weighted by Gasteiger charge is -2.44. The first-order chi connectivity index (χ1) is 17.0. The fourth-order valence-electron chi connectivity index (χ4n) is 4.76. The summed E-state index contributed by atoms with van der Waals surface area (Å²) in [6, 6.07) is 4.50. The maximum Gasteiger partial charge on any atom is 0.325 e. The molecule has 3 aliphatic heterocycles. The molecule has 36 heavy (non-hydrogen) atoms. The summed E-state index contributed by atoms with van der Waals surface area (Å²) in [6.45, 7) is 5.87. The van der Waals surface area contributed by atoms with Crippen molar-refractivity contribution in [2.24, 2.45) is 5.73 Å². The number of benzene rings is 1. The lowest BCUT2D eigenvalue weighted by molar-refractivity contribution is -0.154. The minimum Gasteiger partial charge on any atom is -0.368 e. The van der Waals surface area contributed by atoms with E-state index in [-0.39, 0.29) is 13.1 Å². The molecule has 192 valence electrons. The van der Waals surface area contributed by atoms with Crippen LogP contribution in [-0.4, -0.2) is 92.1 Å². The number of primary amides is 1. The first kappa shape index (κ1) is 25.5. The molecule has 3 heterocycles. The van der Waals surface area contributed by atoms with Gasteiger partial charge in [0.1, 0.15) is 23.5 Å². The number of likely N-dealkylation sites (N-methyl/N-ethyl adjacent to an activating group) is 1. The molecule has 0 aliphatic carbocycles. The van der Waals surface area contributed by atoms with Crippen molar-refractivity contribution in [3.63, 3.8) is 0 Å². The molecule has 3 aliphatic rings. The van der Waals surface area contributed by atoms with E-state index in [1.165, 1.54) is 21.6 Å². The van der Waals surface area contributed by atoms with E-state index in [9.17, 15) is 28.8 Å². The minimum absolute atomic E-state index is 0.00819. The molecule has 7 amide bonds. The van der Waals surface area contributed by atoms with E-state index < -0.39 is 63.8 Å². The molecule has 4 N–H and O–H groups in total. The third kappa shape index (κ3) is 4.27. The molecule has 0 aromatic heterocycles. The predicted molar refractivity (Wildman–Crippen MR) is 129 cm³/mol. The van der Waals surface area contributed by atoms with Crippen LogP contribution in [0.2, 0.25) is 0 Å². The summed E-state index contributed by atoms with van der Waals surface area (Å²) >= 11 is 1.36. The highest BCUT2D eigenvalue weighted by molar-refractivity contribution is 8.01. The first-order valence-electron chi connectivity index (χ1n) is 11.5. The number of nitrogens with two attached hydrogens (primary N) is 1. The van der Waals surface area contributed by atoms with Crippen molar-refractivity contribution in [1.82, 2.24) is 25.3 Å². The molecule has 0 spiro atoms. The van der Waals surface area contributed by atoms with Gasteiger partial charge < -0.3 is 26.2 Å². The van der Waals surface area contributed by atoms with E-state index in [4.69, 9.17) is 5.73 Å². The maximum atomic E-state index is 13.3. The number of nitrogens with one attached hydrogen (secondary N) is 2. The maximum absolute atomic E-state index is 13.3. The molecular weight excluding hydrogens is 488 g/mol. The van der Waals surface area contributed by atoms with E-state index in [0.717, 1.165) is 4.90 Å². The molecule has 1 aromatic carbocycles. The molecule has 4 atom stereocenters. The van der Waals surface area contributed by atoms with Crippen LogP contribution in [0.3, 0.4) is 0 Å². The number of hydrogen-bond donors (Lipinski definition) is 3. The topological polar surface area (TPSA) is 162 Å². The molecule has 13 heteroatoms. The van der Waals surface area contributed by atoms with Gasteiger partial charge in [-0.1, -0.05) is 30.3 Å². The van der Waals surface area contributed by atoms with Gasteiger partial charge >= 0.3 is 17.8 Å². The standard InChI is InChI=1S/C23H28N6O6S/c1-4-27-10-11-28(20(34)19(27)33)22(35)26-13(12-8-6-5-7-9-12)17(31)25-14-18(32)29-15(16(24)30)23(2,3)36-21(14)29/h5-9,13-15,21H,4,10-11H2,1-3H3,(H2,24,30)(H,25,31)(H,26,35)/t13?,14-,15+,21-/m1/s1. The van der Waals surface area contributed by atoms with Crippen LogP contribution in [-0.2, 0) is 24.0 Å². The lowest BCUT2D eigenvalue weighted by atomic mass is 9.95. The Kier molecular flexibility index (Phi) is 6.69. The van der Waals surface area contributed by atoms with Gasteiger partial charge in [-0.15, -0.1) is 11.8 Å². The lowest BCUT2D eigenvalue weighted by Crippen LogP contribution is -2.71. The van der Waals surface area contributed by atoms with Crippen molar-refractivity contribution < 1.29 is 28.8 Å². The smallest absolute Gasteiger partial charge is 0.325 e. The van der Waals surface area contributed by atoms with Crippen LogP contribution >= 0.6 is 11.8 Å². The number of fused-ring (bicyclic) bond motifs is 1. The Labute approximate surface area is 211 Å². The number of thioether (sulfide) groups is 1. The third-order valence-electron chi connectivity index (χ3n) is 6.61. The van der Waals surface area contributed by atoms with Crippen molar-refractivity contribution in [1.29, 1.82) is 0 Å². The number of piperazine rings is 1. The molecule has 3 fully saturated rings. The molecular formula is C23H28N6O6S. The molecule has 1 unspecified atom stereocenters. The number of amides is 7. The van der Waals surface area contributed by atoms with E-state index in [1.54, 1.807) is 51.1 Å². The van der Waals surface area contributed by atoms with Gasteiger partial charge in [-0.05, 0) is 26.3 Å². The molecule has 0 radical (unpaired) electrons. The number of carbonyl (C=O) groups is 6. The van der Waals surface area contributed by atoms with Crippen molar-refractivity contribution in [3.05, 3.63) is 35.9 Å². The number of β-lactam (4-membered cyclic amide) rings is 1. The Hall–Kier alpha value is -3.61. The van der Waals surface area contributed by atoms with Crippen LogP contribution in [0.25, 0.3) is 0 Å². The van der Waals surface area contributed by atoms with Crippen molar-refractivity contribution in [3.8, 4) is 0 Å². The van der Waals surface area contributed by atoms with Crippen LogP contribution in [0.5, 0.6) is 0 Å². The highest BCUT2D eigenvalue weighted by Crippen LogP contribution is 2.50. The zero-order valence-corrected chi connectivity index (χ0v) is 20.9. The van der Waals surface area contributed by atoms with E-state index in [0.29, 0.717) is 12.1 Å². The quantitative estimate of drug-likeness (QED) is 0.328. The fourth-order valence-corrected chi connectivity index (χ4v) is 6.40. The summed E-state index contributed by atoms with van der Waals surface area (Å²) in [4.78, 5) is 79.3. The van der Waals surface area contributed by atoms with Crippen molar-refractivity contribution in [2.75, 3.05) is 19.6 Å². The summed E-state index contributed by atoms with van der Waals surface area (Å²) < 4.78 is -0.633. The number of carbonyl (C=O) groups excluding carboxylic acids is 6. The highest BCUT2D eigenvalue weighted by atomic mass is 32.2. The SMILES string of the molecule is CCN1CCN(C(=O)NC(C(=O)N[C@@H]2C(=O)N3[C@@H]2SC(C)(C)[C@@H]3C(N)=O)c2ccccc2)C(=O)C1=O. The van der Waals surface area contributed by atoms with E-state index in [2.05, 4.69) is 10.6 Å². The largest absolute Gasteiger partial charge is 0.368 e. The Morgan fingerprint density at radius 2 is 1.78 bits per heavy atom. The minimum atomic E-state index is -1.24. The molecule has 1 aromatic rings. The van der Waals surface area contributed by atoms with Gasteiger partial charge in [-0.2, -0.15) is 0 Å². The summed E-state index contributed by atoms with van der Waals surface area (Å²) in [5.41, 5.74) is 5.94. The third-order valence-corrected chi connectivity index (χ3v) is 8.18. The monoisotopic (exact) mass is 516 g/mol. The molecule has 0 bridgehead atoms. The van der Waals surface area contributed by atoms with Crippen LogP contribution in [0.15, 0.2) is 30.3 Å². The van der Waals surface area contributed by atoms with Gasteiger partial charge in [0.15, 0.2) is 0 Å². The molecule has 0 saturated carbocycles. The average Bonchev–Trinajstić information content (AvgIpc) is 3.10. The van der Waals surface area contributed by atoms with Gasteiger partial charge in [0.25, 0.3) is 0 Å². The van der Waals surface area contributed by atoms with Crippen LogP contribution < -0.4 is 16.4 Å². The Balaban J connectivity index is 1.51. The van der Waals surface area contributed by atoms with Gasteiger partial charge in [0.2, 0.25) is 17.7 Å². The summed E-state index contributed by atoms with van der Waals surface area (Å²) in [5.74, 6) is -3.49. The van der Waals surface area contributed by atoms with E-state index >= 15 is 0 Å². The summed E-state index contributed by atoms with van der Waals surface area (Å²) in [7, 11) is 0.